The van der Waals surface area contributed by atoms with Crippen LogP contribution in [0.1, 0.15) is 60.9 Å². The van der Waals surface area contributed by atoms with Crippen molar-refractivity contribution in [1.82, 2.24) is 9.88 Å². The molecular weight excluding hydrogens is 440 g/mol. The SMILES string of the molecule is COc1nc(/C(=C/[C@H]2CCC(=O)N2C)c2ccc(CC(C)C(=O)O)c(Cl)c2)ccc1C1CC1. The van der Waals surface area contributed by atoms with E-state index in [0.717, 1.165) is 47.2 Å². The molecular formula is C26H29ClN2O4. The van der Waals surface area contributed by atoms with Crippen LogP contribution in [0.2, 0.25) is 5.02 Å². The van der Waals surface area contributed by atoms with Crippen molar-refractivity contribution >= 4 is 29.1 Å². The lowest BCUT2D eigenvalue weighted by molar-refractivity contribution is -0.141. The van der Waals surface area contributed by atoms with Gasteiger partial charge in [-0.05, 0) is 54.9 Å². The highest BCUT2D eigenvalue weighted by Crippen LogP contribution is 2.44. The minimum Gasteiger partial charge on any atom is -0.481 e. The van der Waals surface area contributed by atoms with Crippen molar-refractivity contribution in [3.05, 3.63) is 63.8 Å². The van der Waals surface area contributed by atoms with Gasteiger partial charge in [-0.1, -0.05) is 42.8 Å². The molecule has 1 N–H and O–H groups in total. The summed E-state index contributed by atoms with van der Waals surface area (Å²) in [6.45, 7) is 1.67. The third-order valence-corrected chi connectivity index (χ3v) is 6.94. The van der Waals surface area contributed by atoms with E-state index in [0.29, 0.717) is 29.7 Å². The van der Waals surface area contributed by atoms with Crippen molar-refractivity contribution in [2.24, 2.45) is 5.92 Å². The van der Waals surface area contributed by atoms with Gasteiger partial charge in [-0.2, -0.15) is 0 Å². The van der Waals surface area contributed by atoms with E-state index in [2.05, 4.69) is 12.1 Å². The fourth-order valence-electron chi connectivity index (χ4n) is 4.31. The van der Waals surface area contributed by atoms with Crippen molar-refractivity contribution < 1.29 is 19.4 Å². The first-order valence-corrected chi connectivity index (χ1v) is 11.7. The summed E-state index contributed by atoms with van der Waals surface area (Å²) in [7, 11) is 3.46. The second kappa shape index (κ2) is 9.56. The summed E-state index contributed by atoms with van der Waals surface area (Å²) in [6.07, 6.45) is 6.01. The average molecular weight is 469 g/mol. The minimum absolute atomic E-state index is 0.0334. The smallest absolute Gasteiger partial charge is 0.306 e. The molecule has 2 aromatic rings. The number of carbonyl (C=O) groups is 2. The number of carboxylic acids is 1. The second-order valence-electron chi connectivity index (χ2n) is 9.01. The van der Waals surface area contributed by atoms with Crippen molar-refractivity contribution in [2.75, 3.05) is 14.2 Å². The summed E-state index contributed by atoms with van der Waals surface area (Å²) >= 11 is 6.58. The molecule has 2 atom stereocenters. The number of hydrogen-bond donors (Lipinski definition) is 1. The number of ether oxygens (including phenoxy) is 1. The standard InChI is InChI=1S/C26H29ClN2O4/c1-15(26(31)32)12-18-7-6-17(13-22(18)27)21(14-19-8-11-24(30)29(19)2)23-10-9-20(16-4-5-16)25(28-23)33-3/h6-7,9-10,13-16,19H,4-5,8,11-12H2,1-3H3,(H,31,32)/b21-14+/t15?,19-/m1/s1. The third-order valence-electron chi connectivity index (χ3n) is 6.59. The lowest BCUT2D eigenvalue weighted by Crippen LogP contribution is -2.27. The molecule has 2 fully saturated rings. The van der Waals surface area contributed by atoms with Crippen LogP contribution in [0, 0.1) is 5.92 Å². The lowest BCUT2D eigenvalue weighted by Gasteiger charge is -2.19. The summed E-state index contributed by atoms with van der Waals surface area (Å²) in [6, 6.07) is 9.74. The third kappa shape index (κ3) is 5.06. The molecule has 2 heterocycles. The quantitative estimate of drug-likeness (QED) is 0.593. The molecule has 1 unspecified atom stereocenters. The van der Waals surface area contributed by atoms with Gasteiger partial charge < -0.3 is 14.7 Å². The van der Waals surface area contributed by atoms with Crippen molar-refractivity contribution in [3.8, 4) is 5.88 Å². The summed E-state index contributed by atoms with van der Waals surface area (Å²) in [5.41, 5.74) is 4.42. The Morgan fingerprint density at radius 2 is 2.06 bits per heavy atom. The Labute approximate surface area is 199 Å². The molecule has 0 bridgehead atoms. The van der Waals surface area contributed by atoms with Gasteiger partial charge in [-0.15, -0.1) is 0 Å². The van der Waals surface area contributed by atoms with E-state index >= 15 is 0 Å². The number of likely N-dealkylation sites (tertiary alicyclic amines) is 1. The van der Waals surface area contributed by atoms with Gasteiger partial charge >= 0.3 is 5.97 Å². The van der Waals surface area contributed by atoms with Gasteiger partial charge in [0.1, 0.15) is 0 Å². The molecule has 0 radical (unpaired) electrons. The number of carboxylic acid groups (broad SMARTS) is 1. The molecule has 1 saturated carbocycles. The van der Waals surface area contributed by atoms with E-state index < -0.39 is 11.9 Å². The minimum atomic E-state index is -0.850. The highest BCUT2D eigenvalue weighted by atomic mass is 35.5. The van der Waals surface area contributed by atoms with Crippen molar-refractivity contribution in [1.29, 1.82) is 0 Å². The molecule has 174 valence electrons. The number of aliphatic carboxylic acids is 1. The van der Waals surface area contributed by atoms with Crippen LogP contribution in [0.25, 0.3) is 5.57 Å². The predicted molar refractivity (Wildman–Crippen MR) is 128 cm³/mol. The van der Waals surface area contributed by atoms with E-state index in [9.17, 15) is 14.7 Å². The van der Waals surface area contributed by atoms with Crippen LogP contribution in [0.3, 0.4) is 0 Å². The molecule has 2 aliphatic rings. The number of hydrogen-bond acceptors (Lipinski definition) is 4. The number of halogens is 1. The predicted octanol–water partition coefficient (Wildman–Crippen LogP) is 4.94. The summed E-state index contributed by atoms with van der Waals surface area (Å²) in [5.74, 6) is -0.104. The monoisotopic (exact) mass is 468 g/mol. The average Bonchev–Trinajstić information content (AvgIpc) is 3.60. The van der Waals surface area contributed by atoms with Gasteiger partial charge in [0.05, 0.1) is 24.8 Å². The van der Waals surface area contributed by atoms with Gasteiger partial charge in [0, 0.05) is 29.6 Å². The fourth-order valence-corrected chi connectivity index (χ4v) is 4.57. The molecule has 6 nitrogen and oxygen atoms in total. The van der Waals surface area contributed by atoms with Crippen LogP contribution >= 0.6 is 11.6 Å². The second-order valence-corrected chi connectivity index (χ2v) is 9.42. The summed E-state index contributed by atoms with van der Waals surface area (Å²) < 4.78 is 5.61. The van der Waals surface area contributed by atoms with E-state index in [1.807, 2.05) is 31.3 Å². The molecule has 4 rings (SSSR count). The number of likely N-dealkylation sites (N-methyl/N-ethyl adjacent to an activating group) is 1. The number of benzene rings is 1. The van der Waals surface area contributed by atoms with E-state index in [4.69, 9.17) is 21.3 Å². The van der Waals surface area contributed by atoms with Crippen molar-refractivity contribution in [3.63, 3.8) is 0 Å². The van der Waals surface area contributed by atoms with Crippen LogP contribution in [0.5, 0.6) is 5.88 Å². The Kier molecular flexibility index (Phi) is 6.75. The molecule has 1 aliphatic carbocycles. The number of methoxy groups -OCH3 is 1. The van der Waals surface area contributed by atoms with Gasteiger partial charge in [-0.3, -0.25) is 9.59 Å². The maximum atomic E-state index is 12.1. The lowest BCUT2D eigenvalue weighted by atomic mass is 9.95. The Bertz CT molecular complexity index is 1110. The maximum absolute atomic E-state index is 12.1. The summed E-state index contributed by atoms with van der Waals surface area (Å²) in [5, 5.41) is 9.76. The normalized spacial score (nSPS) is 19.6. The maximum Gasteiger partial charge on any atom is 0.306 e. The molecule has 1 aromatic heterocycles. The van der Waals surface area contributed by atoms with Crippen LogP contribution in [0.4, 0.5) is 0 Å². The van der Waals surface area contributed by atoms with E-state index in [1.165, 1.54) is 0 Å². The Balaban J connectivity index is 1.75. The van der Waals surface area contributed by atoms with Gasteiger partial charge in [0.15, 0.2) is 0 Å². The molecule has 33 heavy (non-hydrogen) atoms. The van der Waals surface area contributed by atoms with Crippen LogP contribution in [-0.4, -0.2) is 47.1 Å². The Morgan fingerprint density at radius 3 is 2.64 bits per heavy atom. The zero-order chi connectivity index (χ0) is 23.7. The van der Waals surface area contributed by atoms with E-state index in [1.54, 1.807) is 18.9 Å². The number of nitrogens with zero attached hydrogens (tertiary/aromatic N) is 2. The van der Waals surface area contributed by atoms with Gasteiger partial charge in [-0.25, -0.2) is 4.98 Å². The fraction of sp³-hybridized carbons (Fsp3) is 0.423. The zero-order valence-electron chi connectivity index (χ0n) is 19.2. The molecule has 1 saturated heterocycles. The zero-order valence-corrected chi connectivity index (χ0v) is 19.9. The van der Waals surface area contributed by atoms with E-state index in [-0.39, 0.29) is 11.9 Å². The molecule has 1 aliphatic heterocycles. The number of amides is 1. The Hall–Kier alpha value is -2.86. The molecule has 1 aromatic carbocycles. The van der Waals surface area contributed by atoms with Crippen LogP contribution in [-0.2, 0) is 16.0 Å². The first-order valence-electron chi connectivity index (χ1n) is 11.3. The number of aromatic nitrogens is 1. The number of rotatable bonds is 8. The highest BCUT2D eigenvalue weighted by molar-refractivity contribution is 6.31. The molecule has 7 heteroatoms. The molecule has 0 spiro atoms. The largest absolute Gasteiger partial charge is 0.481 e. The van der Waals surface area contributed by atoms with Gasteiger partial charge in [0.25, 0.3) is 0 Å². The topological polar surface area (TPSA) is 79.7 Å². The van der Waals surface area contributed by atoms with Crippen molar-refractivity contribution in [2.45, 2.75) is 51.0 Å². The number of pyridine rings is 1. The van der Waals surface area contributed by atoms with Crippen LogP contribution in [0.15, 0.2) is 36.4 Å². The summed E-state index contributed by atoms with van der Waals surface area (Å²) in [4.78, 5) is 30.0. The molecule has 1 amide bonds. The van der Waals surface area contributed by atoms with Crippen LogP contribution < -0.4 is 4.74 Å². The first-order chi connectivity index (χ1) is 15.8. The number of carbonyl (C=O) groups excluding carboxylic acids is 1. The Morgan fingerprint density at radius 1 is 1.30 bits per heavy atom. The van der Waals surface area contributed by atoms with Gasteiger partial charge in [0.2, 0.25) is 11.8 Å². The highest BCUT2D eigenvalue weighted by Gasteiger charge is 2.29. The first kappa shape index (κ1) is 23.3.